The molecule has 0 aliphatic carbocycles. The van der Waals surface area contributed by atoms with Gasteiger partial charge in [-0.2, -0.15) is 0 Å². The Labute approximate surface area is 44.7 Å². The van der Waals surface area contributed by atoms with Crippen molar-refractivity contribution in [3.05, 3.63) is 6.61 Å². The molecule has 0 fully saturated rings. The lowest BCUT2D eigenvalue weighted by atomic mass is 10.3. The summed E-state index contributed by atoms with van der Waals surface area (Å²) in [4.78, 5) is 0. The fourth-order valence-corrected chi connectivity index (χ4v) is 0.260. The van der Waals surface area contributed by atoms with Gasteiger partial charge in [-0.1, -0.05) is 0 Å². The number of hydrogen-bond acceptors (Lipinski definition) is 1. The van der Waals surface area contributed by atoms with E-state index in [1.165, 1.54) is 0 Å². The van der Waals surface area contributed by atoms with Crippen molar-refractivity contribution in [1.82, 2.24) is 0 Å². The van der Waals surface area contributed by atoms with E-state index < -0.39 is 0 Å². The maximum atomic E-state index is 4.94. The van der Waals surface area contributed by atoms with Gasteiger partial charge in [0.2, 0.25) is 0 Å². The maximum absolute atomic E-state index is 4.94. The molecule has 0 aromatic heterocycles. The second-order valence-corrected chi connectivity index (χ2v) is 1.15. The van der Waals surface area contributed by atoms with Gasteiger partial charge in [0.1, 0.15) is 0 Å². The highest BCUT2D eigenvalue weighted by Gasteiger charge is 1.78. The number of ether oxygens (including phenoxy) is 1. The first-order valence-electron chi connectivity index (χ1n) is 2.19. The second kappa shape index (κ2) is 5.52. The van der Waals surface area contributed by atoms with Crippen LogP contribution >= 0.6 is 0 Å². The molecule has 0 heterocycles. The zero-order valence-electron chi connectivity index (χ0n) is 4.48. The number of hydrogen-bond donors (Lipinski definition) is 0. The lowest BCUT2D eigenvalue weighted by molar-refractivity contribution is 0.266. The van der Waals surface area contributed by atoms with E-state index >= 15 is 0 Å². The van der Waals surface area contributed by atoms with Crippen LogP contribution < -0.4 is 0 Å². The van der Waals surface area contributed by atoms with Crippen molar-refractivity contribution in [2.75, 3.05) is 7.11 Å². The topological polar surface area (TPSA) is 9.23 Å². The normalized spacial score (nSPS) is 8.00. The van der Waals surface area contributed by atoms with Gasteiger partial charge >= 0.3 is 0 Å². The van der Waals surface area contributed by atoms with Gasteiger partial charge in [0.15, 0.2) is 0 Å². The summed E-state index contributed by atoms with van der Waals surface area (Å²) in [5.41, 5.74) is 0. The highest BCUT2D eigenvalue weighted by Crippen LogP contribution is 1.89. The molecule has 0 aromatic rings. The van der Waals surface area contributed by atoms with E-state index in [-0.39, 0.29) is 0 Å². The Kier molecular flexibility index (Phi) is 5.14. The third kappa shape index (κ3) is 5.52. The second-order valence-electron chi connectivity index (χ2n) is 1.15. The first-order valence-corrected chi connectivity index (χ1v) is 2.19. The van der Waals surface area contributed by atoms with Crippen LogP contribution in [0.4, 0.5) is 0 Å². The van der Waals surface area contributed by atoms with Crippen molar-refractivity contribution < 1.29 is 4.74 Å². The quantitative estimate of drug-likeness (QED) is 0.380. The number of rotatable bonds is 3. The van der Waals surface area contributed by atoms with E-state index in [9.17, 15) is 0 Å². The minimum absolute atomic E-state index is 0.772. The molecule has 1 heteroatoms. The molecule has 0 saturated heterocycles. The highest BCUT2D eigenvalue weighted by molar-refractivity contribution is 4.84. The lowest BCUT2D eigenvalue weighted by Gasteiger charge is -1.88. The van der Waals surface area contributed by atoms with Gasteiger partial charge in [0.05, 0.1) is 6.61 Å². The van der Waals surface area contributed by atoms with Gasteiger partial charge in [0, 0.05) is 13.5 Å². The Bertz CT molecular complexity index is 61.1. The van der Waals surface area contributed by atoms with Crippen molar-refractivity contribution in [2.45, 2.75) is 12.8 Å². The zero-order valence-corrected chi connectivity index (χ0v) is 4.48. The van der Waals surface area contributed by atoms with Crippen LogP contribution in [0.5, 0.6) is 0 Å². The van der Waals surface area contributed by atoms with Crippen LogP contribution in [-0.4, -0.2) is 7.11 Å². The summed E-state index contributed by atoms with van der Waals surface area (Å²) >= 11 is 0. The van der Waals surface area contributed by atoms with Gasteiger partial charge in [-0.3, -0.25) is 0 Å². The van der Waals surface area contributed by atoms with Crippen molar-refractivity contribution in [3.63, 3.8) is 0 Å². The molecule has 0 saturated carbocycles. The molecule has 0 aliphatic rings. The molecular weight excluding hydrogens is 88.1 g/mol. The standard InChI is InChI=1S/C6H9O/c1-3-4-5-6-7-2/h1,6H,4-5H2,2H3. The van der Waals surface area contributed by atoms with E-state index in [1.807, 2.05) is 0 Å². The number of unbranched alkanes of at least 4 members (excludes halogenated alkanes) is 1. The van der Waals surface area contributed by atoms with E-state index in [1.54, 1.807) is 13.7 Å². The Morgan fingerprint density at radius 1 is 1.86 bits per heavy atom. The minimum atomic E-state index is 0.772. The van der Waals surface area contributed by atoms with Gasteiger partial charge in [-0.05, 0) is 6.42 Å². The summed E-state index contributed by atoms with van der Waals surface area (Å²) in [6.45, 7) is 1.69. The molecule has 0 amide bonds. The Hall–Kier alpha value is -0.480. The molecule has 0 unspecified atom stereocenters. The average Bonchev–Trinajstić information content (AvgIpc) is 1.69. The Balaban J connectivity index is 2.60. The summed E-state index contributed by atoms with van der Waals surface area (Å²) in [5.74, 6) is 2.49. The van der Waals surface area contributed by atoms with Gasteiger partial charge in [0.25, 0.3) is 0 Å². The summed E-state index contributed by atoms with van der Waals surface area (Å²) in [5, 5.41) is 0. The molecule has 0 spiro atoms. The third-order valence-electron chi connectivity index (χ3n) is 0.573. The molecule has 0 bridgehead atoms. The van der Waals surface area contributed by atoms with Crippen LogP contribution in [0.15, 0.2) is 0 Å². The Morgan fingerprint density at radius 2 is 2.57 bits per heavy atom. The van der Waals surface area contributed by atoms with E-state index in [4.69, 9.17) is 6.42 Å². The molecular formula is C6H9O. The predicted molar refractivity (Wildman–Crippen MR) is 29.4 cm³/mol. The minimum Gasteiger partial charge on any atom is -0.379 e. The largest absolute Gasteiger partial charge is 0.379 e. The molecule has 0 aliphatic heterocycles. The summed E-state index contributed by atoms with van der Waals surface area (Å²) in [6.07, 6.45) is 6.57. The van der Waals surface area contributed by atoms with Crippen molar-refractivity contribution in [3.8, 4) is 12.3 Å². The van der Waals surface area contributed by atoms with Crippen LogP contribution in [0.1, 0.15) is 12.8 Å². The fourth-order valence-electron chi connectivity index (χ4n) is 0.260. The van der Waals surface area contributed by atoms with E-state index in [0.717, 1.165) is 12.8 Å². The SMILES string of the molecule is C#CCC[CH]OC. The maximum Gasteiger partial charge on any atom is 0.0842 e. The smallest absolute Gasteiger partial charge is 0.0842 e. The summed E-state index contributed by atoms with van der Waals surface area (Å²) in [6, 6.07) is 0. The first kappa shape index (κ1) is 6.52. The molecule has 1 nitrogen and oxygen atoms in total. The molecule has 39 valence electrons. The Morgan fingerprint density at radius 3 is 3.00 bits per heavy atom. The fraction of sp³-hybridized carbons (Fsp3) is 0.500. The lowest BCUT2D eigenvalue weighted by Crippen LogP contribution is -1.76. The first-order chi connectivity index (χ1) is 3.41. The van der Waals surface area contributed by atoms with Crippen molar-refractivity contribution in [2.24, 2.45) is 0 Å². The summed E-state index contributed by atoms with van der Waals surface area (Å²) < 4.78 is 4.62. The van der Waals surface area contributed by atoms with E-state index in [0.29, 0.717) is 0 Å². The molecule has 1 radical (unpaired) electrons. The molecule has 0 atom stereocenters. The highest BCUT2D eigenvalue weighted by atomic mass is 16.5. The molecule has 0 N–H and O–H groups in total. The molecule has 0 rings (SSSR count). The van der Waals surface area contributed by atoms with Crippen LogP contribution in [0.25, 0.3) is 0 Å². The number of methoxy groups -OCH3 is 1. The monoisotopic (exact) mass is 97.1 g/mol. The number of terminal acetylenes is 1. The van der Waals surface area contributed by atoms with Gasteiger partial charge in [-0.25, -0.2) is 0 Å². The average molecular weight is 97.1 g/mol. The third-order valence-corrected chi connectivity index (χ3v) is 0.573. The van der Waals surface area contributed by atoms with Crippen LogP contribution in [0, 0.1) is 19.0 Å². The van der Waals surface area contributed by atoms with E-state index in [2.05, 4.69) is 10.7 Å². The van der Waals surface area contributed by atoms with Crippen LogP contribution in [-0.2, 0) is 4.74 Å². The van der Waals surface area contributed by atoms with Gasteiger partial charge in [-0.15, -0.1) is 12.3 Å². The predicted octanol–water partition coefficient (Wildman–Crippen LogP) is 1.21. The van der Waals surface area contributed by atoms with Gasteiger partial charge < -0.3 is 4.74 Å². The summed E-state index contributed by atoms with van der Waals surface area (Å²) in [7, 11) is 1.62. The van der Waals surface area contributed by atoms with Crippen molar-refractivity contribution in [1.29, 1.82) is 0 Å². The van der Waals surface area contributed by atoms with Crippen LogP contribution in [0.3, 0.4) is 0 Å². The molecule has 7 heavy (non-hydrogen) atoms. The molecule has 0 aromatic carbocycles. The van der Waals surface area contributed by atoms with Crippen molar-refractivity contribution >= 4 is 0 Å². The zero-order chi connectivity index (χ0) is 5.54. The van der Waals surface area contributed by atoms with Crippen LogP contribution in [0.2, 0.25) is 0 Å².